The van der Waals surface area contributed by atoms with E-state index < -0.39 is 0 Å². The van der Waals surface area contributed by atoms with Gasteiger partial charge >= 0.3 is 0 Å². The second kappa shape index (κ2) is 8.64. The quantitative estimate of drug-likeness (QED) is 0.399. The number of nitrogens with one attached hydrogen (secondary N) is 1. The average Bonchev–Trinajstić information content (AvgIpc) is 3.08. The van der Waals surface area contributed by atoms with Crippen molar-refractivity contribution in [2.24, 2.45) is 0 Å². The fourth-order valence-electron chi connectivity index (χ4n) is 2.52. The smallest absolute Gasteiger partial charge is 0.234 e. The third kappa shape index (κ3) is 4.40. The molecule has 4 rings (SSSR count). The van der Waals surface area contributed by atoms with Crippen LogP contribution in [-0.4, -0.2) is 34.7 Å². The maximum Gasteiger partial charge on any atom is 0.234 e. The van der Waals surface area contributed by atoms with Crippen molar-refractivity contribution in [1.82, 2.24) is 9.78 Å². The number of amides is 1. The topological polar surface area (TPSA) is 65.4 Å². The van der Waals surface area contributed by atoms with Crippen LogP contribution in [0.2, 0.25) is 0 Å². The van der Waals surface area contributed by atoms with Crippen molar-refractivity contribution in [2.45, 2.75) is 4.34 Å². The van der Waals surface area contributed by atoms with Crippen LogP contribution in [0.5, 0.6) is 11.5 Å². The molecule has 3 aromatic rings. The van der Waals surface area contributed by atoms with E-state index in [2.05, 4.69) is 26.3 Å². The zero-order valence-corrected chi connectivity index (χ0v) is 18.4. The van der Waals surface area contributed by atoms with Gasteiger partial charge in [-0.3, -0.25) is 4.79 Å². The minimum Gasteiger partial charge on any atom is -0.486 e. The number of para-hydroxylation sites is 1. The molecule has 0 bridgehead atoms. The summed E-state index contributed by atoms with van der Waals surface area (Å²) in [6, 6.07) is 13.2. The molecule has 1 aliphatic heterocycles. The van der Waals surface area contributed by atoms with Gasteiger partial charge in [0.1, 0.15) is 13.2 Å². The summed E-state index contributed by atoms with van der Waals surface area (Å²) >= 11 is 11.6. The fourth-order valence-corrected chi connectivity index (χ4v) is 5.11. The molecule has 1 N–H and O–H groups in total. The molecule has 1 aromatic heterocycles. The van der Waals surface area contributed by atoms with Crippen molar-refractivity contribution in [1.29, 1.82) is 0 Å². The number of carbonyl (C=O) groups excluding carboxylic acids is 1. The van der Waals surface area contributed by atoms with E-state index in [0.29, 0.717) is 34.4 Å². The van der Waals surface area contributed by atoms with Crippen molar-refractivity contribution < 1.29 is 14.3 Å². The molecular weight excluding hydrogens is 482 g/mol. The maximum absolute atomic E-state index is 12.4. The van der Waals surface area contributed by atoms with Crippen LogP contribution in [0.25, 0.3) is 5.69 Å². The lowest BCUT2D eigenvalue weighted by molar-refractivity contribution is -0.113. The Morgan fingerprint density at radius 3 is 2.71 bits per heavy atom. The predicted molar refractivity (Wildman–Crippen MR) is 117 cm³/mol. The minimum absolute atomic E-state index is 0.144. The van der Waals surface area contributed by atoms with Crippen LogP contribution in [0, 0.1) is 3.95 Å². The molecule has 0 spiro atoms. The van der Waals surface area contributed by atoms with Crippen molar-refractivity contribution in [3.63, 3.8) is 0 Å². The number of halogens is 1. The Morgan fingerprint density at radius 1 is 1.25 bits per heavy atom. The number of anilines is 1. The van der Waals surface area contributed by atoms with Gasteiger partial charge in [0.05, 0.1) is 17.1 Å². The summed E-state index contributed by atoms with van der Waals surface area (Å²) in [5, 5.41) is 7.39. The van der Waals surface area contributed by atoms with Crippen LogP contribution in [0.15, 0.2) is 51.3 Å². The summed E-state index contributed by atoms with van der Waals surface area (Å²) in [5.41, 5.74) is 1.54. The largest absolute Gasteiger partial charge is 0.486 e. The monoisotopic (exact) mass is 495 g/mol. The molecular formula is C18H14BrN3O3S3. The summed E-state index contributed by atoms with van der Waals surface area (Å²) in [5.74, 6) is 1.36. The van der Waals surface area contributed by atoms with E-state index >= 15 is 0 Å². The van der Waals surface area contributed by atoms with Crippen molar-refractivity contribution >= 4 is 62.8 Å². The summed E-state index contributed by atoms with van der Waals surface area (Å²) in [7, 11) is 0. The van der Waals surface area contributed by atoms with Crippen molar-refractivity contribution in [3.05, 3.63) is 50.9 Å². The van der Waals surface area contributed by atoms with Gasteiger partial charge in [0.2, 0.25) is 5.91 Å². The van der Waals surface area contributed by atoms with Gasteiger partial charge in [-0.05, 0) is 40.3 Å². The van der Waals surface area contributed by atoms with E-state index in [-0.39, 0.29) is 11.7 Å². The molecule has 28 heavy (non-hydrogen) atoms. The normalized spacial score (nSPS) is 12.6. The van der Waals surface area contributed by atoms with Crippen molar-refractivity contribution in [2.75, 3.05) is 24.3 Å². The summed E-state index contributed by atoms with van der Waals surface area (Å²) in [4.78, 5) is 12.4. The maximum atomic E-state index is 12.4. The molecule has 0 fully saturated rings. The Balaban J connectivity index is 1.41. The van der Waals surface area contributed by atoms with E-state index in [1.807, 2.05) is 30.3 Å². The molecule has 6 nitrogen and oxygen atoms in total. The number of hydrogen-bond acceptors (Lipinski definition) is 7. The third-order valence-electron chi connectivity index (χ3n) is 3.76. The Hall–Kier alpha value is -1.88. The fraction of sp³-hybridized carbons (Fsp3) is 0.167. The van der Waals surface area contributed by atoms with Gasteiger partial charge in [0.25, 0.3) is 0 Å². The number of nitrogens with zero attached hydrogens (tertiary/aromatic N) is 2. The standard InChI is InChI=1S/C18H14BrN3O3S3/c19-12-8-14-15(25-7-6-24-14)9-13(12)20-16(23)10-27-17-21-22(18(26)28-17)11-4-2-1-3-5-11/h1-5,8-9H,6-7,10H2,(H,20,23). The molecule has 2 aromatic carbocycles. The first-order valence-corrected chi connectivity index (χ1v) is 11.3. The third-order valence-corrected chi connectivity index (χ3v) is 6.78. The summed E-state index contributed by atoms with van der Waals surface area (Å²) in [6.45, 7) is 1.01. The van der Waals surface area contributed by atoms with Crippen LogP contribution < -0.4 is 14.8 Å². The van der Waals surface area contributed by atoms with Gasteiger partial charge in [-0.15, -0.1) is 5.10 Å². The Bertz CT molecular complexity index is 1070. The number of ether oxygens (including phenoxy) is 2. The van der Waals surface area contributed by atoms with Gasteiger partial charge in [-0.2, -0.15) is 0 Å². The molecule has 2 heterocycles. The van der Waals surface area contributed by atoms with E-state index in [4.69, 9.17) is 21.7 Å². The summed E-state index contributed by atoms with van der Waals surface area (Å²) < 4.78 is 14.9. The van der Waals surface area contributed by atoms with Crippen LogP contribution in [0.1, 0.15) is 0 Å². The highest BCUT2D eigenvalue weighted by Gasteiger charge is 2.16. The molecule has 1 aliphatic rings. The number of benzene rings is 2. The second-order valence-corrected chi connectivity index (χ2v) is 9.39. The molecule has 0 atom stereocenters. The van der Waals surface area contributed by atoms with Gasteiger partial charge in [0.15, 0.2) is 19.8 Å². The average molecular weight is 496 g/mol. The van der Waals surface area contributed by atoms with Gasteiger partial charge < -0.3 is 14.8 Å². The highest BCUT2D eigenvalue weighted by Crippen LogP contribution is 2.38. The van der Waals surface area contributed by atoms with Crippen LogP contribution in [0.4, 0.5) is 5.69 Å². The second-order valence-electron chi connectivity index (χ2n) is 5.69. The summed E-state index contributed by atoms with van der Waals surface area (Å²) in [6.07, 6.45) is 0. The Morgan fingerprint density at radius 2 is 1.96 bits per heavy atom. The Labute approximate surface area is 183 Å². The van der Waals surface area contributed by atoms with Crippen LogP contribution >= 0.6 is 51.2 Å². The molecule has 144 valence electrons. The highest BCUT2D eigenvalue weighted by atomic mass is 79.9. The lowest BCUT2D eigenvalue weighted by Crippen LogP contribution is -2.17. The highest BCUT2D eigenvalue weighted by molar-refractivity contribution is 9.10. The van der Waals surface area contributed by atoms with Crippen LogP contribution in [0.3, 0.4) is 0 Å². The number of carbonyl (C=O) groups is 1. The van der Waals surface area contributed by atoms with E-state index in [1.54, 1.807) is 16.8 Å². The lowest BCUT2D eigenvalue weighted by Gasteiger charge is -2.20. The number of hydrogen-bond donors (Lipinski definition) is 1. The van der Waals surface area contributed by atoms with E-state index in [0.717, 1.165) is 14.5 Å². The van der Waals surface area contributed by atoms with Gasteiger partial charge in [0, 0.05) is 16.6 Å². The SMILES string of the molecule is O=C(CSc1nn(-c2ccccc2)c(=S)s1)Nc1cc2c(cc1Br)OCCO2. The first-order valence-electron chi connectivity index (χ1n) is 8.27. The minimum atomic E-state index is -0.144. The first kappa shape index (κ1) is 19.4. The lowest BCUT2D eigenvalue weighted by atomic mass is 10.2. The van der Waals surface area contributed by atoms with Gasteiger partial charge in [-0.25, -0.2) is 4.68 Å². The number of rotatable bonds is 5. The van der Waals surface area contributed by atoms with E-state index in [9.17, 15) is 4.79 Å². The van der Waals surface area contributed by atoms with Gasteiger partial charge in [-0.1, -0.05) is 41.3 Å². The molecule has 0 saturated carbocycles. The van der Waals surface area contributed by atoms with E-state index in [1.165, 1.54) is 23.1 Å². The molecule has 0 radical (unpaired) electrons. The molecule has 10 heteroatoms. The molecule has 0 unspecified atom stereocenters. The number of aromatic nitrogens is 2. The zero-order chi connectivity index (χ0) is 19.5. The zero-order valence-electron chi connectivity index (χ0n) is 14.4. The first-order chi connectivity index (χ1) is 13.6. The molecule has 0 aliphatic carbocycles. The number of fused-ring (bicyclic) bond motifs is 1. The molecule has 1 amide bonds. The predicted octanol–water partition coefficient (Wildman–Crippen LogP) is 4.93. The molecule has 0 saturated heterocycles. The Kier molecular flexibility index (Phi) is 6.00. The van der Waals surface area contributed by atoms with Crippen molar-refractivity contribution in [3.8, 4) is 17.2 Å². The van der Waals surface area contributed by atoms with Crippen LogP contribution in [-0.2, 0) is 4.79 Å². The number of thioether (sulfide) groups is 1.